The number of carbonyl (C=O) groups is 3. The van der Waals surface area contributed by atoms with Crippen molar-refractivity contribution in [3.63, 3.8) is 0 Å². The van der Waals surface area contributed by atoms with Gasteiger partial charge in [0, 0.05) is 12.5 Å². The smallest absolute Gasteiger partial charge is 0.410 e. The van der Waals surface area contributed by atoms with Crippen molar-refractivity contribution in [3.05, 3.63) is 59.7 Å². The van der Waals surface area contributed by atoms with Crippen LogP contribution in [0.4, 0.5) is 4.79 Å². The number of carboxylic acid groups (broad SMARTS) is 1. The number of fused-ring (bicyclic) bond motifs is 3. The van der Waals surface area contributed by atoms with E-state index < -0.39 is 35.7 Å². The first-order valence-corrected chi connectivity index (χ1v) is 11.9. The molecule has 2 N–H and O–H groups in total. The zero-order valence-electron chi connectivity index (χ0n) is 20.3. The molecular weight excluding hydrogens is 448 g/mol. The number of rotatable bonds is 7. The maximum Gasteiger partial charge on any atom is 0.410 e. The molecule has 0 radical (unpaired) electrons. The molecule has 0 saturated carbocycles. The van der Waals surface area contributed by atoms with E-state index in [1.165, 1.54) is 4.90 Å². The lowest BCUT2D eigenvalue weighted by atomic mass is 9.98. The molecule has 2 aliphatic rings. The van der Waals surface area contributed by atoms with Gasteiger partial charge in [0.25, 0.3) is 0 Å². The van der Waals surface area contributed by atoms with Crippen LogP contribution in [-0.2, 0) is 19.1 Å². The SMILES string of the molecule is CC(C)(C)OC[C@H](NC(=O)[C@@H]1CCCN1C(=O)OCC1c2ccccc2-c2ccccc21)C(=O)O. The van der Waals surface area contributed by atoms with Crippen molar-refractivity contribution in [2.24, 2.45) is 0 Å². The molecule has 2 aromatic rings. The van der Waals surface area contributed by atoms with E-state index in [1.807, 2.05) is 57.2 Å². The van der Waals surface area contributed by atoms with Gasteiger partial charge in [-0.25, -0.2) is 9.59 Å². The van der Waals surface area contributed by atoms with Gasteiger partial charge in [0.05, 0.1) is 12.2 Å². The lowest BCUT2D eigenvalue weighted by molar-refractivity contribution is -0.146. The summed E-state index contributed by atoms with van der Waals surface area (Å²) in [6.07, 6.45) is 0.517. The molecule has 35 heavy (non-hydrogen) atoms. The van der Waals surface area contributed by atoms with Gasteiger partial charge in [-0.3, -0.25) is 9.69 Å². The first-order chi connectivity index (χ1) is 16.7. The monoisotopic (exact) mass is 480 g/mol. The number of amides is 2. The second-order valence-corrected chi connectivity index (χ2v) is 9.98. The molecule has 1 aliphatic carbocycles. The predicted molar refractivity (Wildman–Crippen MR) is 130 cm³/mol. The summed E-state index contributed by atoms with van der Waals surface area (Å²) in [5, 5.41) is 12.0. The topological polar surface area (TPSA) is 105 Å². The second kappa shape index (κ2) is 10.1. The van der Waals surface area contributed by atoms with E-state index in [-0.39, 0.29) is 19.1 Å². The van der Waals surface area contributed by atoms with E-state index in [0.29, 0.717) is 19.4 Å². The lowest BCUT2D eigenvalue weighted by Gasteiger charge is -2.27. The highest BCUT2D eigenvalue weighted by Crippen LogP contribution is 2.44. The van der Waals surface area contributed by atoms with Gasteiger partial charge >= 0.3 is 12.1 Å². The Morgan fingerprint density at radius 3 is 2.23 bits per heavy atom. The second-order valence-electron chi connectivity index (χ2n) is 9.98. The van der Waals surface area contributed by atoms with Crippen LogP contribution in [0.1, 0.15) is 50.7 Å². The van der Waals surface area contributed by atoms with Gasteiger partial charge in [-0.2, -0.15) is 0 Å². The fourth-order valence-corrected chi connectivity index (χ4v) is 4.71. The molecule has 2 aromatic carbocycles. The number of ether oxygens (including phenoxy) is 2. The molecule has 1 aliphatic heterocycles. The summed E-state index contributed by atoms with van der Waals surface area (Å²) in [7, 11) is 0. The van der Waals surface area contributed by atoms with Crippen molar-refractivity contribution in [1.82, 2.24) is 10.2 Å². The summed E-state index contributed by atoms with van der Waals surface area (Å²) in [6, 6.07) is 14.2. The summed E-state index contributed by atoms with van der Waals surface area (Å²) in [5.41, 5.74) is 3.96. The summed E-state index contributed by atoms with van der Waals surface area (Å²) in [4.78, 5) is 38.9. The molecule has 0 unspecified atom stereocenters. The fraction of sp³-hybridized carbons (Fsp3) is 0.444. The Bertz CT molecular complexity index is 1060. The number of carboxylic acids is 1. The zero-order valence-corrected chi connectivity index (χ0v) is 20.3. The van der Waals surface area contributed by atoms with E-state index in [2.05, 4.69) is 17.4 Å². The van der Waals surface area contributed by atoms with E-state index >= 15 is 0 Å². The Labute approximate surface area is 205 Å². The highest BCUT2D eigenvalue weighted by atomic mass is 16.6. The Kier molecular flexibility index (Phi) is 7.12. The molecule has 186 valence electrons. The lowest BCUT2D eigenvalue weighted by Crippen LogP contribution is -2.52. The minimum absolute atomic E-state index is 0.0767. The molecule has 1 saturated heterocycles. The number of benzene rings is 2. The number of nitrogens with one attached hydrogen (secondary N) is 1. The average Bonchev–Trinajstić information content (AvgIpc) is 3.43. The van der Waals surface area contributed by atoms with E-state index in [9.17, 15) is 19.5 Å². The molecule has 8 nitrogen and oxygen atoms in total. The van der Waals surface area contributed by atoms with Crippen LogP contribution in [0, 0.1) is 0 Å². The van der Waals surface area contributed by atoms with Crippen LogP contribution in [0.25, 0.3) is 11.1 Å². The first kappa shape index (κ1) is 24.7. The standard InChI is InChI=1S/C27H32N2O6/c1-27(2,3)35-16-22(25(31)32)28-24(30)23-13-8-14-29(23)26(33)34-15-21-19-11-6-4-9-17(19)18-10-5-7-12-20(18)21/h4-7,9-12,21-23H,8,13-16H2,1-3H3,(H,28,30)(H,31,32)/t22-,23-/m0/s1. The predicted octanol–water partition coefficient (Wildman–Crippen LogP) is 3.78. The molecule has 2 atom stereocenters. The van der Waals surface area contributed by atoms with Gasteiger partial charge in [0.1, 0.15) is 12.6 Å². The number of aliphatic carboxylic acids is 1. The van der Waals surface area contributed by atoms with Gasteiger partial charge < -0.3 is 19.9 Å². The summed E-state index contributed by atoms with van der Waals surface area (Å²) >= 11 is 0. The van der Waals surface area contributed by atoms with Crippen LogP contribution in [0.3, 0.4) is 0 Å². The maximum absolute atomic E-state index is 13.0. The Morgan fingerprint density at radius 1 is 1.06 bits per heavy atom. The van der Waals surface area contributed by atoms with Crippen molar-refractivity contribution < 1.29 is 29.0 Å². The van der Waals surface area contributed by atoms with Crippen molar-refractivity contribution in [2.45, 2.75) is 57.2 Å². The van der Waals surface area contributed by atoms with Gasteiger partial charge in [-0.05, 0) is 55.9 Å². The first-order valence-electron chi connectivity index (χ1n) is 11.9. The van der Waals surface area contributed by atoms with Crippen molar-refractivity contribution in [2.75, 3.05) is 19.8 Å². The van der Waals surface area contributed by atoms with E-state index in [1.54, 1.807) is 0 Å². The van der Waals surface area contributed by atoms with E-state index in [0.717, 1.165) is 22.3 Å². The Balaban J connectivity index is 1.40. The van der Waals surface area contributed by atoms with Crippen LogP contribution >= 0.6 is 0 Å². The molecule has 1 heterocycles. The average molecular weight is 481 g/mol. The van der Waals surface area contributed by atoms with Crippen molar-refractivity contribution >= 4 is 18.0 Å². The molecule has 4 rings (SSSR count). The van der Waals surface area contributed by atoms with Crippen LogP contribution in [0.15, 0.2) is 48.5 Å². The Hall–Kier alpha value is -3.39. The van der Waals surface area contributed by atoms with Crippen molar-refractivity contribution in [3.8, 4) is 11.1 Å². The fourth-order valence-electron chi connectivity index (χ4n) is 4.71. The van der Waals surface area contributed by atoms with Gasteiger partial charge in [0.15, 0.2) is 6.04 Å². The van der Waals surface area contributed by atoms with Crippen molar-refractivity contribution in [1.29, 1.82) is 0 Å². The van der Waals surface area contributed by atoms with Crippen LogP contribution < -0.4 is 5.32 Å². The van der Waals surface area contributed by atoms with Crippen LogP contribution in [0.5, 0.6) is 0 Å². The minimum atomic E-state index is -1.20. The molecule has 2 amide bonds. The van der Waals surface area contributed by atoms with Gasteiger partial charge in [-0.15, -0.1) is 0 Å². The third-order valence-corrected chi connectivity index (χ3v) is 6.42. The number of hydrogen-bond acceptors (Lipinski definition) is 5. The zero-order chi connectivity index (χ0) is 25.2. The molecule has 1 fully saturated rings. The molecule has 0 spiro atoms. The normalized spacial score (nSPS) is 18.0. The summed E-state index contributed by atoms with van der Waals surface area (Å²) < 4.78 is 11.3. The maximum atomic E-state index is 13.0. The summed E-state index contributed by atoms with van der Waals surface area (Å²) in [5.74, 6) is -1.78. The number of likely N-dealkylation sites (tertiary alicyclic amines) is 1. The molecule has 8 heteroatoms. The number of nitrogens with zero attached hydrogens (tertiary/aromatic N) is 1. The summed E-state index contributed by atoms with van der Waals surface area (Å²) in [6.45, 7) is 5.80. The minimum Gasteiger partial charge on any atom is -0.480 e. The quantitative estimate of drug-likeness (QED) is 0.625. The molecule has 0 bridgehead atoms. The van der Waals surface area contributed by atoms with Crippen LogP contribution in [-0.4, -0.2) is 65.4 Å². The third-order valence-electron chi connectivity index (χ3n) is 6.42. The number of hydrogen-bond donors (Lipinski definition) is 2. The molecule has 0 aromatic heterocycles. The Morgan fingerprint density at radius 2 is 1.66 bits per heavy atom. The van der Waals surface area contributed by atoms with Gasteiger partial charge in [0.2, 0.25) is 5.91 Å². The highest BCUT2D eigenvalue weighted by molar-refractivity contribution is 5.89. The third kappa shape index (κ3) is 5.48. The van der Waals surface area contributed by atoms with Gasteiger partial charge in [-0.1, -0.05) is 48.5 Å². The van der Waals surface area contributed by atoms with E-state index in [4.69, 9.17) is 9.47 Å². The highest BCUT2D eigenvalue weighted by Gasteiger charge is 2.38. The largest absolute Gasteiger partial charge is 0.480 e. The van der Waals surface area contributed by atoms with Crippen LogP contribution in [0.2, 0.25) is 0 Å². The molecular formula is C27H32N2O6. The number of carbonyl (C=O) groups excluding carboxylic acids is 2.